The Morgan fingerprint density at radius 2 is 0.702 bits per heavy atom. The molecule has 5 fully saturated rings. The third-order valence-electron chi connectivity index (χ3n) is 26.3. The number of carbonyl (C=O) groups excluding carboxylic acids is 7. The largest absolute Gasteiger partial charge is 0.393 e. The van der Waals surface area contributed by atoms with Gasteiger partial charge in [0.05, 0.1) is 52.0 Å². The highest BCUT2D eigenvalue weighted by Crippen LogP contribution is 2.35. The maximum absolute atomic E-state index is 14.1. The Labute approximate surface area is 872 Å². The molecule has 0 unspecified atom stereocenters. The van der Waals surface area contributed by atoms with E-state index in [1.807, 2.05) is 183 Å². The molecule has 141 heavy (non-hydrogen) atoms. The molecule has 24 heteroatoms. The van der Waals surface area contributed by atoms with Crippen molar-refractivity contribution in [2.45, 2.75) is 275 Å². The summed E-state index contributed by atoms with van der Waals surface area (Å²) < 4.78 is 34.8. The summed E-state index contributed by atoms with van der Waals surface area (Å²) in [6.07, 6.45) is 8.76. The Balaban J connectivity index is 0.000000252. The van der Waals surface area contributed by atoms with Gasteiger partial charge in [-0.25, -0.2) is 8.78 Å². The van der Waals surface area contributed by atoms with E-state index in [0.29, 0.717) is 101 Å². The number of aliphatic hydroxyl groups is 1. The number of Topliss-reactive ketones (excluding diaryl/α,β-unsaturated/α-hetero) is 7. The van der Waals surface area contributed by atoms with E-state index in [2.05, 4.69) is 172 Å². The van der Waals surface area contributed by atoms with Crippen LogP contribution in [0.2, 0.25) is 10.0 Å². The number of piperidine rings is 1. The SMILES string of the molecule is CC(C)C(=O)[C@@H](CN1CCN(O)CC1)c1ccc(Br)c(F)c1.CC(C)C(=O)[C@@H](CNC(C)(C)C)c1ccc(Cl)cc1.CC(C)C(=O)[C@H](CN1CCC(O)CC1)c1ccc(Br)cc1.CC(C)C(=O)[C@H](CNC(C)(C)C)c1ccc(Cl)cc1.Cc1ccc([C@@H](CNC2CCOCC2)C(=O)C(C)C)cc1.Cc1ccc([C@@H](CNCC2CC2)C(=O)C(C)C)c(F)c1.Cc1ccc([C@@H](CNCC2CC2)C(=O)C(C)C)cc1. The number of ether oxygens (including phenoxy) is 1. The summed E-state index contributed by atoms with van der Waals surface area (Å²) >= 11 is 18.4. The van der Waals surface area contributed by atoms with Crippen LogP contribution in [0.4, 0.5) is 8.78 Å². The number of ketones is 7. The molecule has 0 radical (unpaired) electrons. The minimum Gasteiger partial charge on any atom is -0.393 e. The van der Waals surface area contributed by atoms with Crippen LogP contribution in [0.25, 0.3) is 0 Å². The minimum absolute atomic E-state index is 0.000602. The molecule has 2 aliphatic carbocycles. The first-order chi connectivity index (χ1) is 66.4. The maximum Gasteiger partial charge on any atom is 0.144 e. The number of aliphatic hydroxyl groups excluding tert-OH is 1. The summed E-state index contributed by atoms with van der Waals surface area (Å²) in [5.41, 5.74) is 10.0. The number of nitrogens with one attached hydrogen (secondary N) is 5. The van der Waals surface area contributed by atoms with Gasteiger partial charge in [0, 0.05) is 171 Å². The normalized spacial score (nSPS) is 16.6. The lowest BCUT2D eigenvalue weighted by atomic mass is 9.88. The van der Waals surface area contributed by atoms with Crippen LogP contribution in [0.5, 0.6) is 0 Å². The van der Waals surface area contributed by atoms with Crippen molar-refractivity contribution in [3.8, 4) is 0 Å². The molecule has 0 amide bonds. The first kappa shape index (κ1) is 123. The molecule has 7 N–H and O–H groups in total. The van der Waals surface area contributed by atoms with Gasteiger partial charge in [0.15, 0.2) is 0 Å². The average molecular weight is 2120 g/mol. The number of hydrogen-bond acceptors (Lipinski definition) is 18. The topological polar surface area (TPSA) is 239 Å². The standard InChI is InChI=1S/C18H27NO2.C17H24BrNO2.C17H24FNO.C17H25NO.C16H22BrFN2O2.2C16H24ClNO/c1-13(2)18(20)17(15-6-4-14(3)5-7-15)12-19-16-8-10-21-11-9-16;1-12(2)17(21)16(13-3-5-14(18)6-4-13)11-19-9-7-15(20)8-10-19;1-11(2)17(20)15(10-19-9-13-5-6-13)14-7-4-12(3)8-16(14)18;1-12(2)17(19)16(11-18-10-14-6-7-14)15-8-4-13(3)5-9-15;1-11(2)16(21)13(10-19-5-7-20(22)8-6-19)12-3-4-14(17)15(18)9-12;2*1-11(2)15(19)14(10-18-16(3,4)5)12-6-8-13(17)9-7-12/h4-7,13,16-17,19H,8-12H2,1-3H3;3-6,12,15-16,20H,7-11H2,1-2H3;4,7-8,11,13,15,19H,5-6,9-10H2,1-3H3;4-5,8-9,12,14,16,18H,6-7,10-11H2,1-3H3;3-4,9,11,13,22H,5-8,10H2,1-2H3;2*6-9,11,14,18H,10H2,1-5H3/t17-;16-;15-;16-;13-;2*14-/m1111010/s1. The van der Waals surface area contributed by atoms with E-state index < -0.39 is 0 Å². The van der Waals surface area contributed by atoms with Crippen LogP contribution >= 0.6 is 55.1 Å². The lowest BCUT2D eigenvalue weighted by molar-refractivity contribution is -0.127. The quantitative estimate of drug-likeness (QED) is 0.0189. The fourth-order valence-corrected chi connectivity index (χ4v) is 17.6. The van der Waals surface area contributed by atoms with Crippen LogP contribution in [-0.2, 0) is 38.3 Å². The van der Waals surface area contributed by atoms with E-state index in [1.54, 1.807) is 18.2 Å². The van der Waals surface area contributed by atoms with Crippen LogP contribution in [0.15, 0.2) is 167 Å². The second-order valence-electron chi connectivity index (χ2n) is 43.5. The van der Waals surface area contributed by atoms with Gasteiger partial charge in [-0.05, 0) is 254 Å². The second-order valence-corrected chi connectivity index (χ2v) is 46.1. The first-order valence-corrected chi connectivity index (χ1v) is 53.9. The number of hydroxylamine groups is 2. The molecule has 5 aliphatic rings. The molecule has 3 saturated heterocycles. The van der Waals surface area contributed by atoms with Crippen molar-refractivity contribution < 1.29 is 57.4 Å². The van der Waals surface area contributed by atoms with E-state index in [9.17, 15) is 52.7 Å². The van der Waals surface area contributed by atoms with E-state index in [0.717, 1.165) is 134 Å². The van der Waals surface area contributed by atoms with Gasteiger partial charge in [0.1, 0.15) is 52.1 Å². The molecule has 18 nitrogen and oxygen atoms in total. The fraction of sp³-hybridized carbons (Fsp3) is 0.581. The number of aryl methyl sites for hydroxylation is 3. The molecule has 0 spiro atoms. The van der Waals surface area contributed by atoms with Gasteiger partial charge in [-0.1, -0.05) is 250 Å². The third kappa shape index (κ3) is 45.6. The van der Waals surface area contributed by atoms with Gasteiger partial charge in [-0.15, -0.1) is 0 Å². The summed E-state index contributed by atoms with van der Waals surface area (Å²) in [5.74, 6) is 1.70. The van der Waals surface area contributed by atoms with Crippen LogP contribution in [0, 0.1) is 85.7 Å². The zero-order chi connectivity index (χ0) is 105. The molecule has 0 aromatic heterocycles. The highest BCUT2D eigenvalue weighted by Gasteiger charge is 2.35. The fourth-order valence-electron chi connectivity index (χ4n) is 16.8. The summed E-state index contributed by atoms with van der Waals surface area (Å²) in [6, 6.07) is 50.5. The Hall–Kier alpha value is -6.81. The Morgan fingerprint density at radius 3 is 1.07 bits per heavy atom. The molecule has 7 atom stereocenters. The van der Waals surface area contributed by atoms with Crippen molar-refractivity contribution in [2.75, 3.05) is 111 Å². The zero-order valence-electron chi connectivity index (χ0n) is 88.9. The Bertz CT molecular complexity index is 4820. The van der Waals surface area contributed by atoms with Gasteiger partial charge < -0.3 is 46.5 Å². The van der Waals surface area contributed by atoms with Gasteiger partial charge >= 0.3 is 0 Å². The maximum atomic E-state index is 14.1. The van der Waals surface area contributed by atoms with Crippen molar-refractivity contribution in [3.63, 3.8) is 0 Å². The van der Waals surface area contributed by atoms with Crippen molar-refractivity contribution >= 4 is 95.5 Å². The molecular weight excluding hydrogens is 1950 g/mol. The zero-order valence-corrected chi connectivity index (χ0v) is 93.5. The average Bonchev–Trinajstić information content (AvgIpc) is 1.69. The molecule has 3 aliphatic heterocycles. The van der Waals surface area contributed by atoms with Crippen molar-refractivity contribution in [3.05, 3.63) is 244 Å². The summed E-state index contributed by atoms with van der Waals surface area (Å²) in [6.45, 7) is 58.4. The molecular formula is C117H170Br2Cl2F2N8O10. The number of piperazine rings is 1. The first-order valence-electron chi connectivity index (χ1n) is 51.6. The van der Waals surface area contributed by atoms with Crippen LogP contribution in [-0.4, -0.2) is 200 Å². The number of benzene rings is 7. The predicted molar refractivity (Wildman–Crippen MR) is 583 cm³/mol. The van der Waals surface area contributed by atoms with Gasteiger partial charge in [-0.2, -0.15) is 5.06 Å². The monoisotopic (exact) mass is 2110 g/mol. The molecule has 3 heterocycles. The minimum atomic E-state index is -0.380. The van der Waals surface area contributed by atoms with Crippen LogP contribution in [0.1, 0.15) is 287 Å². The number of nitrogens with zero attached hydrogens (tertiary/aromatic N) is 3. The van der Waals surface area contributed by atoms with E-state index in [4.69, 9.17) is 27.9 Å². The number of hydrogen-bond donors (Lipinski definition) is 7. The second kappa shape index (κ2) is 61.7. The lowest BCUT2D eigenvalue weighted by Crippen LogP contribution is -2.47. The molecule has 2 saturated carbocycles. The number of rotatable bonds is 40. The summed E-state index contributed by atoms with van der Waals surface area (Å²) in [4.78, 5) is 91.6. The van der Waals surface area contributed by atoms with Crippen LogP contribution in [0.3, 0.4) is 0 Å². The highest BCUT2D eigenvalue weighted by molar-refractivity contribution is 9.10. The van der Waals surface area contributed by atoms with Crippen LogP contribution < -0.4 is 26.6 Å². The van der Waals surface area contributed by atoms with Crippen molar-refractivity contribution in [1.82, 2.24) is 41.4 Å². The van der Waals surface area contributed by atoms with Gasteiger partial charge in [-0.3, -0.25) is 38.5 Å². The lowest BCUT2D eigenvalue weighted by Gasteiger charge is -2.33. The molecule has 7 aromatic carbocycles. The van der Waals surface area contributed by atoms with E-state index >= 15 is 0 Å². The van der Waals surface area contributed by atoms with Gasteiger partial charge in [0.2, 0.25) is 0 Å². The molecule has 0 bridgehead atoms. The van der Waals surface area contributed by atoms with E-state index in [-0.39, 0.29) is 135 Å². The summed E-state index contributed by atoms with van der Waals surface area (Å²) in [5, 5.41) is 38.9. The number of halogens is 6. The van der Waals surface area contributed by atoms with E-state index in [1.165, 1.54) is 54.0 Å². The Kier molecular flexibility index (Phi) is 53.8. The Morgan fingerprint density at radius 1 is 0.383 bits per heavy atom. The van der Waals surface area contributed by atoms with Gasteiger partial charge in [0.25, 0.3) is 0 Å². The molecule has 780 valence electrons. The van der Waals surface area contributed by atoms with Crippen molar-refractivity contribution in [2.24, 2.45) is 53.3 Å². The third-order valence-corrected chi connectivity index (χ3v) is 28.0. The smallest absolute Gasteiger partial charge is 0.144 e. The predicted octanol–water partition coefficient (Wildman–Crippen LogP) is 24.0. The molecule has 12 rings (SSSR count). The highest BCUT2D eigenvalue weighted by atomic mass is 79.9. The summed E-state index contributed by atoms with van der Waals surface area (Å²) in [7, 11) is 0. The molecule has 7 aromatic rings. The van der Waals surface area contributed by atoms with Crippen molar-refractivity contribution in [1.29, 1.82) is 0 Å². The number of likely N-dealkylation sites (tertiary alicyclic amines) is 1. The number of carbonyl (C=O) groups is 7.